The van der Waals surface area contributed by atoms with Gasteiger partial charge in [-0.3, -0.25) is 4.79 Å². The van der Waals surface area contributed by atoms with Gasteiger partial charge >= 0.3 is 0 Å². The largest absolute Gasteiger partial charge is 0.391 e. The molecule has 168 valence electrons. The van der Waals surface area contributed by atoms with Gasteiger partial charge in [-0.2, -0.15) is 4.98 Å². The molecule has 2 aromatic carbocycles. The lowest BCUT2D eigenvalue weighted by Crippen LogP contribution is -2.45. The predicted molar refractivity (Wildman–Crippen MR) is 125 cm³/mol. The molecule has 33 heavy (non-hydrogen) atoms. The summed E-state index contributed by atoms with van der Waals surface area (Å²) < 4.78 is 5.25. The number of benzene rings is 2. The summed E-state index contributed by atoms with van der Waals surface area (Å²) in [5.74, 6) is 0.858. The Bertz CT molecular complexity index is 1280. The van der Waals surface area contributed by atoms with Crippen molar-refractivity contribution < 1.29 is 14.4 Å². The summed E-state index contributed by atoms with van der Waals surface area (Å²) in [6, 6.07) is 17.5. The quantitative estimate of drug-likeness (QED) is 0.480. The number of amides is 1. The first-order valence-corrected chi connectivity index (χ1v) is 11.3. The van der Waals surface area contributed by atoms with Crippen LogP contribution >= 0.6 is 0 Å². The van der Waals surface area contributed by atoms with Crippen LogP contribution in [-0.4, -0.2) is 38.3 Å². The Morgan fingerprint density at radius 2 is 1.88 bits per heavy atom. The molecule has 5 rings (SSSR count). The SMILES string of the molecule is Cc1noc(-c2ccc(Cc3cc(C(=O)N[C@H]4CCCC[C@@H]4O)nc4ccccc34)cc2)n1. The van der Waals surface area contributed by atoms with Crippen LogP contribution in [0.25, 0.3) is 22.4 Å². The molecule has 0 radical (unpaired) electrons. The first-order chi connectivity index (χ1) is 16.1. The highest BCUT2D eigenvalue weighted by Crippen LogP contribution is 2.24. The Morgan fingerprint density at radius 3 is 2.64 bits per heavy atom. The van der Waals surface area contributed by atoms with Gasteiger partial charge in [0.1, 0.15) is 5.69 Å². The molecule has 1 fully saturated rings. The number of carbonyl (C=O) groups excluding carboxylic acids is 1. The van der Waals surface area contributed by atoms with E-state index in [1.54, 1.807) is 6.92 Å². The number of pyridine rings is 1. The molecule has 2 N–H and O–H groups in total. The van der Waals surface area contributed by atoms with Gasteiger partial charge in [0.25, 0.3) is 11.8 Å². The highest BCUT2D eigenvalue weighted by atomic mass is 16.5. The smallest absolute Gasteiger partial charge is 0.270 e. The number of aromatic nitrogens is 3. The molecule has 0 bridgehead atoms. The maximum Gasteiger partial charge on any atom is 0.270 e. The lowest BCUT2D eigenvalue weighted by atomic mass is 9.92. The molecule has 2 heterocycles. The van der Waals surface area contributed by atoms with Crippen LogP contribution in [0.3, 0.4) is 0 Å². The summed E-state index contributed by atoms with van der Waals surface area (Å²) in [7, 11) is 0. The fourth-order valence-corrected chi connectivity index (χ4v) is 4.43. The molecule has 0 saturated heterocycles. The van der Waals surface area contributed by atoms with Crippen molar-refractivity contribution in [3.05, 3.63) is 77.2 Å². The fourth-order valence-electron chi connectivity index (χ4n) is 4.43. The molecule has 2 atom stereocenters. The van der Waals surface area contributed by atoms with Crippen LogP contribution in [0.4, 0.5) is 0 Å². The Hall–Kier alpha value is -3.58. The van der Waals surface area contributed by atoms with E-state index >= 15 is 0 Å². The zero-order valence-electron chi connectivity index (χ0n) is 18.5. The van der Waals surface area contributed by atoms with Crippen molar-refractivity contribution in [1.29, 1.82) is 0 Å². The predicted octanol–water partition coefficient (Wildman–Crippen LogP) is 4.22. The first-order valence-electron chi connectivity index (χ1n) is 11.3. The van der Waals surface area contributed by atoms with Crippen molar-refractivity contribution in [2.75, 3.05) is 0 Å². The minimum Gasteiger partial charge on any atom is -0.391 e. The van der Waals surface area contributed by atoms with E-state index in [9.17, 15) is 9.90 Å². The number of hydrogen-bond acceptors (Lipinski definition) is 6. The molecule has 0 aliphatic heterocycles. The van der Waals surface area contributed by atoms with Crippen molar-refractivity contribution >= 4 is 16.8 Å². The van der Waals surface area contributed by atoms with E-state index in [1.165, 1.54) is 0 Å². The van der Waals surface area contributed by atoms with E-state index in [4.69, 9.17) is 4.52 Å². The summed E-state index contributed by atoms with van der Waals surface area (Å²) in [5.41, 5.74) is 4.14. The second-order valence-corrected chi connectivity index (χ2v) is 8.64. The second kappa shape index (κ2) is 9.11. The lowest BCUT2D eigenvalue weighted by Gasteiger charge is -2.28. The lowest BCUT2D eigenvalue weighted by molar-refractivity contribution is 0.0714. The minimum atomic E-state index is -0.496. The number of aliphatic hydroxyl groups is 1. The molecular formula is C26H26N4O3. The summed E-state index contributed by atoms with van der Waals surface area (Å²) >= 11 is 0. The van der Waals surface area contributed by atoms with Crippen LogP contribution in [0.15, 0.2) is 59.1 Å². The van der Waals surface area contributed by atoms with Crippen molar-refractivity contribution in [3.63, 3.8) is 0 Å². The topological polar surface area (TPSA) is 101 Å². The number of nitrogens with zero attached hydrogens (tertiary/aromatic N) is 3. The third-order valence-electron chi connectivity index (χ3n) is 6.20. The number of aryl methyl sites for hydroxylation is 1. The molecule has 1 amide bonds. The maximum atomic E-state index is 13.0. The van der Waals surface area contributed by atoms with Crippen LogP contribution in [0.2, 0.25) is 0 Å². The Labute approximate surface area is 191 Å². The monoisotopic (exact) mass is 442 g/mol. The van der Waals surface area contributed by atoms with Crippen molar-refractivity contribution in [2.24, 2.45) is 0 Å². The molecular weight excluding hydrogens is 416 g/mol. The standard InChI is InChI=1S/C26H26N4O3/c1-16-27-26(33-30-16)18-12-10-17(11-13-18)14-19-15-23(28-21-7-3-2-6-20(19)21)25(32)29-22-8-4-5-9-24(22)31/h2-3,6-7,10-13,15,22,24,31H,4-5,8-9,14H2,1H3,(H,29,32)/t22-,24-/m0/s1. The molecule has 0 unspecified atom stereocenters. The van der Waals surface area contributed by atoms with Gasteiger partial charge in [-0.25, -0.2) is 4.98 Å². The zero-order chi connectivity index (χ0) is 22.8. The second-order valence-electron chi connectivity index (χ2n) is 8.64. The van der Waals surface area contributed by atoms with E-state index in [0.29, 0.717) is 23.8 Å². The number of para-hydroxylation sites is 1. The van der Waals surface area contributed by atoms with E-state index < -0.39 is 6.10 Å². The average molecular weight is 443 g/mol. The summed E-state index contributed by atoms with van der Waals surface area (Å²) in [6.07, 6.45) is 3.68. The van der Waals surface area contributed by atoms with E-state index in [-0.39, 0.29) is 11.9 Å². The maximum absolute atomic E-state index is 13.0. The first kappa shape index (κ1) is 21.3. The summed E-state index contributed by atoms with van der Waals surface area (Å²) in [6.45, 7) is 1.79. The van der Waals surface area contributed by atoms with E-state index in [0.717, 1.165) is 53.3 Å². The molecule has 7 nitrogen and oxygen atoms in total. The number of nitrogens with one attached hydrogen (secondary N) is 1. The normalized spacial score (nSPS) is 18.4. The molecule has 1 aliphatic rings. The molecule has 4 aromatic rings. The van der Waals surface area contributed by atoms with Crippen LogP contribution < -0.4 is 5.32 Å². The fraction of sp³-hybridized carbons (Fsp3) is 0.308. The Morgan fingerprint density at radius 1 is 1.09 bits per heavy atom. The van der Waals surface area contributed by atoms with Gasteiger partial charge in [-0.1, -0.05) is 48.3 Å². The van der Waals surface area contributed by atoms with Gasteiger partial charge in [-0.05, 0) is 61.6 Å². The number of aliphatic hydroxyl groups excluding tert-OH is 1. The molecule has 1 saturated carbocycles. The van der Waals surface area contributed by atoms with Gasteiger partial charge in [0, 0.05) is 10.9 Å². The van der Waals surface area contributed by atoms with Crippen molar-refractivity contribution in [2.45, 2.75) is 51.2 Å². The van der Waals surface area contributed by atoms with Gasteiger partial charge < -0.3 is 14.9 Å². The Kier molecular flexibility index (Phi) is 5.88. The third-order valence-corrected chi connectivity index (χ3v) is 6.20. The highest BCUT2D eigenvalue weighted by molar-refractivity contribution is 5.96. The van der Waals surface area contributed by atoms with Crippen LogP contribution in [0.1, 0.15) is 53.1 Å². The summed E-state index contributed by atoms with van der Waals surface area (Å²) in [4.78, 5) is 21.9. The van der Waals surface area contributed by atoms with E-state index in [2.05, 4.69) is 20.4 Å². The Balaban J connectivity index is 1.42. The van der Waals surface area contributed by atoms with Crippen molar-refractivity contribution in [1.82, 2.24) is 20.4 Å². The van der Waals surface area contributed by atoms with Crippen molar-refractivity contribution in [3.8, 4) is 11.5 Å². The number of carbonyl (C=O) groups is 1. The van der Waals surface area contributed by atoms with Crippen LogP contribution in [0.5, 0.6) is 0 Å². The zero-order valence-corrected chi connectivity index (χ0v) is 18.5. The van der Waals surface area contributed by atoms with E-state index in [1.807, 2.05) is 54.6 Å². The molecule has 0 spiro atoms. The number of hydrogen-bond donors (Lipinski definition) is 2. The van der Waals surface area contributed by atoms with Gasteiger partial charge in [0.15, 0.2) is 5.82 Å². The van der Waals surface area contributed by atoms with Crippen LogP contribution in [-0.2, 0) is 6.42 Å². The van der Waals surface area contributed by atoms with Gasteiger partial charge in [-0.15, -0.1) is 0 Å². The third kappa shape index (κ3) is 4.64. The average Bonchev–Trinajstić information content (AvgIpc) is 3.27. The molecule has 2 aromatic heterocycles. The van der Waals surface area contributed by atoms with Gasteiger partial charge in [0.2, 0.25) is 0 Å². The number of fused-ring (bicyclic) bond motifs is 1. The molecule has 7 heteroatoms. The highest BCUT2D eigenvalue weighted by Gasteiger charge is 2.25. The number of rotatable bonds is 5. The summed E-state index contributed by atoms with van der Waals surface area (Å²) in [5, 5.41) is 18.1. The minimum absolute atomic E-state index is 0.219. The molecule has 1 aliphatic carbocycles. The van der Waals surface area contributed by atoms with Crippen LogP contribution in [0, 0.1) is 6.92 Å². The van der Waals surface area contributed by atoms with Gasteiger partial charge in [0.05, 0.1) is 17.7 Å².